The Labute approximate surface area is 174 Å². The molecule has 1 aliphatic heterocycles. The lowest BCUT2D eigenvalue weighted by molar-refractivity contribution is -0.138. The number of anilines is 1. The van der Waals surface area contributed by atoms with Gasteiger partial charge < -0.3 is 15.2 Å². The fraction of sp³-hybridized carbons (Fsp3) is 0.381. The van der Waals surface area contributed by atoms with Crippen LogP contribution in [0.15, 0.2) is 43.0 Å². The molecule has 0 radical (unpaired) electrons. The lowest BCUT2D eigenvalue weighted by atomic mass is 9.72. The van der Waals surface area contributed by atoms with Crippen molar-refractivity contribution < 1.29 is 19.2 Å². The number of rotatable bonds is 7. The van der Waals surface area contributed by atoms with Gasteiger partial charge in [0.2, 0.25) is 11.8 Å². The Bertz CT molecular complexity index is 923. The molecule has 2 aromatic rings. The molecular weight excluding hydrogens is 386 g/mol. The number of carbonyl (C=O) groups excluding carboxylic acids is 4. The van der Waals surface area contributed by atoms with Crippen LogP contribution in [0.5, 0.6) is 0 Å². The molecule has 158 valence electrons. The molecule has 1 atom stereocenters. The van der Waals surface area contributed by atoms with Crippen LogP contribution in [0.25, 0.3) is 0 Å². The van der Waals surface area contributed by atoms with Crippen molar-refractivity contribution >= 4 is 29.3 Å². The summed E-state index contributed by atoms with van der Waals surface area (Å²) in [6.45, 7) is 2.97. The molecule has 0 saturated carbocycles. The van der Waals surface area contributed by atoms with Crippen molar-refractivity contribution in [3.05, 3.63) is 48.5 Å². The molecule has 9 nitrogen and oxygen atoms in total. The number of nitrogens with one attached hydrogen (secondary N) is 3. The summed E-state index contributed by atoms with van der Waals surface area (Å²) >= 11 is 0. The van der Waals surface area contributed by atoms with Crippen molar-refractivity contribution in [3.63, 3.8) is 0 Å². The van der Waals surface area contributed by atoms with Gasteiger partial charge in [0.15, 0.2) is 0 Å². The molecule has 1 aromatic heterocycles. The van der Waals surface area contributed by atoms with Gasteiger partial charge in [-0.1, -0.05) is 19.1 Å². The second-order valence-electron chi connectivity index (χ2n) is 7.25. The van der Waals surface area contributed by atoms with Gasteiger partial charge in [-0.15, -0.1) is 0 Å². The Morgan fingerprint density at radius 1 is 1.20 bits per heavy atom. The highest BCUT2D eigenvalue weighted by Gasteiger charge is 2.42. The summed E-state index contributed by atoms with van der Waals surface area (Å²) in [7, 11) is 0. The van der Waals surface area contributed by atoms with Crippen LogP contribution in [0.3, 0.4) is 0 Å². The summed E-state index contributed by atoms with van der Waals surface area (Å²) in [5, 5.41) is 7.55. The summed E-state index contributed by atoms with van der Waals surface area (Å²) in [4.78, 5) is 51.9. The number of nitrogens with zero attached hydrogens (tertiary/aromatic N) is 2. The molecule has 4 amide bonds. The van der Waals surface area contributed by atoms with E-state index in [4.69, 9.17) is 0 Å². The van der Waals surface area contributed by atoms with Crippen molar-refractivity contribution in [1.29, 1.82) is 0 Å². The molecule has 3 rings (SSSR count). The number of imidazole rings is 1. The number of benzene rings is 1. The van der Waals surface area contributed by atoms with Gasteiger partial charge in [-0.3, -0.25) is 24.5 Å². The second kappa shape index (κ2) is 9.34. The van der Waals surface area contributed by atoms with Gasteiger partial charge in [-0.25, -0.2) is 4.98 Å². The minimum atomic E-state index is -0.761. The van der Waals surface area contributed by atoms with Gasteiger partial charge in [0.05, 0.1) is 11.7 Å². The molecule has 0 bridgehead atoms. The summed E-state index contributed by atoms with van der Waals surface area (Å²) in [6, 6.07) is 6.80. The van der Waals surface area contributed by atoms with Crippen molar-refractivity contribution in [2.45, 2.75) is 44.6 Å². The number of aromatic nitrogens is 2. The normalized spacial score (nSPS) is 18.6. The first-order valence-electron chi connectivity index (χ1n) is 9.94. The van der Waals surface area contributed by atoms with Crippen LogP contribution in [-0.2, 0) is 31.1 Å². The maximum atomic E-state index is 12.5. The third kappa shape index (κ3) is 4.73. The van der Waals surface area contributed by atoms with E-state index in [1.165, 1.54) is 0 Å². The summed E-state index contributed by atoms with van der Waals surface area (Å²) in [6.07, 6.45) is 7.17. The highest BCUT2D eigenvalue weighted by molar-refractivity contribution is 6.39. The largest absolute Gasteiger partial charge is 0.348 e. The molecule has 0 unspecified atom stereocenters. The number of hydrogen-bond donors (Lipinski definition) is 3. The van der Waals surface area contributed by atoms with Gasteiger partial charge in [0.25, 0.3) is 0 Å². The lowest BCUT2D eigenvalue weighted by Crippen LogP contribution is -2.51. The van der Waals surface area contributed by atoms with E-state index in [1.807, 2.05) is 17.7 Å². The topological polar surface area (TPSA) is 122 Å². The SMILES string of the molecule is CC[C@]1(c2ccc(NC(=O)C(=O)NCCCn3ccnc3)cc2)CCC(=O)NC1=O. The number of aryl methyl sites for hydroxylation is 1. The Morgan fingerprint density at radius 3 is 2.60 bits per heavy atom. The van der Waals surface area contributed by atoms with Crippen LogP contribution in [0.1, 0.15) is 38.2 Å². The maximum Gasteiger partial charge on any atom is 0.313 e. The number of piperidine rings is 1. The predicted molar refractivity (Wildman–Crippen MR) is 109 cm³/mol. The first-order valence-corrected chi connectivity index (χ1v) is 9.94. The first kappa shape index (κ1) is 21.2. The van der Waals surface area contributed by atoms with Crippen LogP contribution in [-0.4, -0.2) is 39.7 Å². The summed E-state index contributed by atoms with van der Waals surface area (Å²) < 4.78 is 1.89. The highest BCUT2D eigenvalue weighted by Crippen LogP contribution is 2.36. The van der Waals surface area contributed by atoms with Crippen molar-refractivity contribution in [1.82, 2.24) is 20.2 Å². The standard InChI is InChI=1S/C21H25N5O4/c1-2-21(9-8-17(27)25-20(21)30)15-4-6-16(7-5-15)24-19(29)18(28)23-10-3-12-26-13-11-22-14-26/h4-7,11,13-14H,2-3,8-10,12H2,1H3,(H,23,28)(H,24,29)(H,25,27,30)/t21-/m1/s1. The Kier molecular flexibility index (Phi) is 6.61. The van der Waals surface area contributed by atoms with E-state index in [1.54, 1.807) is 36.8 Å². The van der Waals surface area contributed by atoms with E-state index >= 15 is 0 Å². The van der Waals surface area contributed by atoms with Crippen molar-refractivity contribution in [2.24, 2.45) is 0 Å². The van der Waals surface area contributed by atoms with E-state index < -0.39 is 17.2 Å². The van der Waals surface area contributed by atoms with E-state index in [0.717, 1.165) is 5.56 Å². The maximum absolute atomic E-state index is 12.5. The average Bonchev–Trinajstić information content (AvgIpc) is 3.26. The van der Waals surface area contributed by atoms with E-state index in [0.29, 0.717) is 44.5 Å². The average molecular weight is 411 g/mol. The molecule has 1 aliphatic rings. The lowest BCUT2D eigenvalue weighted by Gasteiger charge is -2.35. The van der Waals surface area contributed by atoms with Crippen molar-refractivity contribution in [2.75, 3.05) is 11.9 Å². The zero-order valence-corrected chi connectivity index (χ0v) is 16.8. The van der Waals surface area contributed by atoms with E-state index in [9.17, 15) is 19.2 Å². The molecule has 2 heterocycles. The van der Waals surface area contributed by atoms with Crippen LogP contribution in [0.4, 0.5) is 5.69 Å². The second-order valence-corrected chi connectivity index (χ2v) is 7.25. The zero-order chi connectivity index (χ0) is 21.6. The third-order valence-electron chi connectivity index (χ3n) is 5.41. The Morgan fingerprint density at radius 2 is 1.97 bits per heavy atom. The molecular formula is C21H25N5O4. The molecule has 9 heteroatoms. The number of carbonyl (C=O) groups is 4. The van der Waals surface area contributed by atoms with Crippen LogP contribution < -0.4 is 16.0 Å². The summed E-state index contributed by atoms with van der Waals surface area (Å²) in [5.41, 5.74) is 0.469. The van der Waals surface area contributed by atoms with Gasteiger partial charge in [0, 0.05) is 37.6 Å². The number of hydrogen-bond acceptors (Lipinski definition) is 5. The van der Waals surface area contributed by atoms with Gasteiger partial charge >= 0.3 is 11.8 Å². The number of amides is 4. The zero-order valence-electron chi connectivity index (χ0n) is 16.8. The minimum Gasteiger partial charge on any atom is -0.348 e. The Hall–Kier alpha value is -3.49. The molecule has 0 spiro atoms. The quantitative estimate of drug-likeness (QED) is 0.358. The molecule has 3 N–H and O–H groups in total. The van der Waals surface area contributed by atoms with Crippen LogP contribution >= 0.6 is 0 Å². The molecule has 1 fully saturated rings. The molecule has 30 heavy (non-hydrogen) atoms. The van der Waals surface area contributed by atoms with E-state index in [-0.39, 0.29) is 11.8 Å². The third-order valence-corrected chi connectivity index (χ3v) is 5.41. The number of imide groups is 1. The van der Waals surface area contributed by atoms with E-state index in [2.05, 4.69) is 20.9 Å². The Balaban J connectivity index is 1.53. The van der Waals surface area contributed by atoms with Gasteiger partial charge in [-0.05, 0) is 37.0 Å². The fourth-order valence-electron chi connectivity index (χ4n) is 3.59. The fourth-order valence-corrected chi connectivity index (χ4v) is 3.59. The van der Waals surface area contributed by atoms with Crippen LogP contribution in [0.2, 0.25) is 0 Å². The highest BCUT2D eigenvalue weighted by atomic mass is 16.2. The summed E-state index contributed by atoms with van der Waals surface area (Å²) in [5.74, 6) is -2.02. The molecule has 1 saturated heterocycles. The smallest absolute Gasteiger partial charge is 0.313 e. The monoisotopic (exact) mass is 411 g/mol. The first-order chi connectivity index (χ1) is 14.4. The van der Waals surface area contributed by atoms with Gasteiger partial charge in [0.1, 0.15) is 0 Å². The molecule has 1 aromatic carbocycles. The predicted octanol–water partition coefficient (Wildman–Crippen LogP) is 1.11. The molecule has 0 aliphatic carbocycles. The van der Waals surface area contributed by atoms with Crippen molar-refractivity contribution in [3.8, 4) is 0 Å². The minimum absolute atomic E-state index is 0.260. The van der Waals surface area contributed by atoms with Gasteiger partial charge in [-0.2, -0.15) is 0 Å². The van der Waals surface area contributed by atoms with Crippen LogP contribution in [0, 0.1) is 0 Å².